The summed E-state index contributed by atoms with van der Waals surface area (Å²) in [7, 11) is 1.89. The highest BCUT2D eigenvalue weighted by atomic mass is 32.1. The maximum atomic E-state index is 13.1. The number of alkyl halides is 3. The van der Waals surface area contributed by atoms with E-state index in [-0.39, 0.29) is 18.0 Å². The third-order valence-electron chi connectivity index (χ3n) is 5.70. The first-order valence-electron chi connectivity index (χ1n) is 9.98. The van der Waals surface area contributed by atoms with Crippen LogP contribution in [0.25, 0.3) is 10.2 Å². The molecule has 0 aliphatic heterocycles. The van der Waals surface area contributed by atoms with Crippen LogP contribution in [0.1, 0.15) is 41.0 Å². The summed E-state index contributed by atoms with van der Waals surface area (Å²) in [5.74, 6) is -0.621. The molecule has 1 aliphatic carbocycles. The van der Waals surface area contributed by atoms with Crippen LogP contribution in [0.15, 0.2) is 42.5 Å². The molecular weight excluding hydrogens is 430 g/mol. The van der Waals surface area contributed by atoms with Gasteiger partial charge in [0.05, 0.1) is 15.9 Å². The number of nitrogens with one attached hydrogen (secondary N) is 1. The SMILES string of the molecule is CN(c1cccc2nc(C(F)(F)F)sc12)[C@H]1CC[C@@H](NC(=O)c2ccc(F)cc2)CC1. The second-order valence-corrected chi connectivity index (χ2v) is 8.74. The number of thiazole rings is 1. The topological polar surface area (TPSA) is 45.2 Å². The number of carbonyl (C=O) groups is 1. The summed E-state index contributed by atoms with van der Waals surface area (Å²) in [4.78, 5) is 18.1. The molecule has 0 atom stereocenters. The van der Waals surface area contributed by atoms with Crippen molar-refractivity contribution in [3.05, 3.63) is 58.9 Å². The molecule has 0 radical (unpaired) electrons. The predicted octanol–water partition coefficient (Wildman–Crippen LogP) is 5.63. The number of halogens is 4. The van der Waals surface area contributed by atoms with Crippen LogP contribution >= 0.6 is 11.3 Å². The molecule has 1 fully saturated rings. The Morgan fingerprint density at radius 3 is 2.42 bits per heavy atom. The van der Waals surface area contributed by atoms with E-state index in [4.69, 9.17) is 0 Å². The van der Waals surface area contributed by atoms with E-state index in [1.807, 2.05) is 18.0 Å². The number of amides is 1. The molecule has 31 heavy (non-hydrogen) atoms. The van der Waals surface area contributed by atoms with Crippen LogP contribution in [0.4, 0.5) is 23.2 Å². The minimum absolute atomic E-state index is 0.0123. The smallest absolute Gasteiger partial charge is 0.370 e. The minimum Gasteiger partial charge on any atom is -0.370 e. The van der Waals surface area contributed by atoms with Gasteiger partial charge in [-0.2, -0.15) is 13.2 Å². The summed E-state index contributed by atoms with van der Waals surface area (Å²) >= 11 is 0.669. The Morgan fingerprint density at radius 1 is 1.10 bits per heavy atom. The first-order valence-corrected chi connectivity index (χ1v) is 10.8. The standard InChI is InChI=1S/C22H21F4N3OS/c1-29(18-4-2-3-17-19(18)31-21(28-17)22(24,25)26)16-11-9-15(10-12-16)27-20(30)13-5-7-14(23)8-6-13/h2-8,15-16H,9-12H2,1H3,(H,27,30)/t15-,16+. The second kappa shape index (κ2) is 8.45. The lowest BCUT2D eigenvalue weighted by Crippen LogP contribution is -2.42. The van der Waals surface area contributed by atoms with Crippen molar-refractivity contribution in [2.45, 2.75) is 43.9 Å². The number of aromatic nitrogens is 1. The quantitative estimate of drug-likeness (QED) is 0.523. The molecule has 0 unspecified atom stereocenters. The van der Waals surface area contributed by atoms with Gasteiger partial charge in [0, 0.05) is 24.7 Å². The molecule has 1 aliphatic rings. The highest BCUT2D eigenvalue weighted by molar-refractivity contribution is 7.19. The molecule has 1 N–H and O–H groups in total. The Bertz CT molecular complexity index is 1070. The summed E-state index contributed by atoms with van der Waals surface area (Å²) < 4.78 is 52.8. The monoisotopic (exact) mass is 451 g/mol. The van der Waals surface area contributed by atoms with Crippen molar-refractivity contribution in [1.29, 1.82) is 0 Å². The number of hydrogen-bond donors (Lipinski definition) is 1. The zero-order valence-corrected chi connectivity index (χ0v) is 17.6. The van der Waals surface area contributed by atoms with E-state index < -0.39 is 17.0 Å². The van der Waals surface area contributed by atoms with Gasteiger partial charge in [0.1, 0.15) is 5.82 Å². The Kier molecular flexibility index (Phi) is 5.88. The molecule has 4 nitrogen and oxygen atoms in total. The van der Waals surface area contributed by atoms with E-state index in [0.29, 0.717) is 27.1 Å². The van der Waals surface area contributed by atoms with Gasteiger partial charge in [0.25, 0.3) is 5.91 Å². The predicted molar refractivity (Wildman–Crippen MR) is 113 cm³/mol. The molecule has 3 aromatic rings. The number of nitrogens with zero attached hydrogens (tertiary/aromatic N) is 2. The minimum atomic E-state index is -4.46. The Balaban J connectivity index is 1.41. The highest BCUT2D eigenvalue weighted by Gasteiger charge is 2.35. The van der Waals surface area contributed by atoms with E-state index in [9.17, 15) is 22.4 Å². The fourth-order valence-electron chi connectivity index (χ4n) is 4.01. The zero-order chi connectivity index (χ0) is 22.2. The van der Waals surface area contributed by atoms with E-state index in [0.717, 1.165) is 31.4 Å². The fraction of sp³-hybridized carbons (Fsp3) is 0.364. The zero-order valence-electron chi connectivity index (χ0n) is 16.7. The summed E-state index contributed by atoms with van der Waals surface area (Å²) in [5, 5.41) is 2.15. The molecule has 0 spiro atoms. The lowest BCUT2D eigenvalue weighted by atomic mass is 9.90. The molecule has 1 saturated carbocycles. The first-order chi connectivity index (χ1) is 14.7. The molecule has 164 valence electrons. The maximum Gasteiger partial charge on any atom is 0.443 e. The van der Waals surface area contributed by atoms with E-state index in [1.165, 1.54) is 24.3 Å². The van der Waals surface area contributed by atoms with Crippen LogP contribution in [0, 0.1) is 5.82 Å². The van der Waals surface area contributed by atoms with Gasteiger partial charge in [-0.1, -0.05) is 6.07 Å². The van der Waals surface area contributed by atoms with Gasteiger partial charge >= 0.3 is 6.18 Å². The van der Waals surface area contributed by atoms with Crippen LogP contribution in [0.3, 0.4) is 0 Å². The molecule has 0 saturated heterocycles. The van der Waals surface area contributed by atoms with E-state index >= 15 is 0 Å². The summed E-state index contributed by atoms with van der Waals surface area (Å²) in [5.41, 5.74) is 1.50. The average molecular weight is 451 g/mol. The third kappa shape index (κ3) is 4.66. The fourth-order valence-corrected chi connectivity index (χ4v) is 5.00. The van der Waals surface area contributed by atoms with E-state index in [1.54, 1.807) is 12.1 Å². The maximum absolute atomic E-state index is 13.1. The molecule has 1 amide bonds. The number of fused-ring (bicyclic) bond motifs is 1. The molecule has 9 heteroatoms. The molecule has 0 bridgehead atoms. The summed E-state index contributed by atoms with van der Waals surface area (Å²) in [6, 6.07) is 10.7. The Labute approximate surface area is 180 Å². The van der Waals surface area contributed by atoms with Crippen LogP contribution in [-0.4, -0.2) is 30.0 Å². The molecule has 2 aromatic carbocycles. The number of carbonyl (C=O) groups excluding carboxylic acids is 1. The van der Waals surface area contributed by atoms with Crippen molar-refractivity contribution < 1.29 is 22.4 Å². The number of hydrogen-bond acceptors (Lipinski definition) is 4. The van der Waals surface area contributed by atoms with Gasteiger partial charge in [0.15, 0.2) is 5.01 Å². The van der Waals surface area contributed by atoms with Crippen LogP contribution in [-0.2, 0) is 6.18 Å². The first kappa shape index (κ1) is 21.5. The van der Waals surface area contributed by atoms with Crippen LogP contribution < -0.4 is 10.2 Å². The Hall–Kier alpha value is -2.68. The van der Waals surface area contributed by atoms with Crippen molar-refractivity contribution in [2.24, 2.45) is 0 Å². The number of anilines is 1. The summed E-state index contributed by atoms with van der Waals surface area (Å²) in [6.07, 6.45) is -1.35. The molecule has 1 aromatic heterocycles. The van der Waals surface area contributed by atoms with Gasteiger partial charge in [0.2, 0.25) is 0 Å². The van der Waals surface area contributed by atoms with E-state index in [2.05, 4.69) is 10.3 Å². The highest BCUT2D eigenvalue weighted by Crippen LogP contribution is 2.40. The van der Waals surface area contributed by atoms with Gasteiger partial charge in [-0.05, 0) is 62.1 Å². The normalized spacial score (nSPS) is 19.4. The van der Waals surface area contributed by atoms with Gasteiger partial charge in [-0.3, -0.25) is 4.79 Å². The van der Waals surface area contributed by atoms with Gasteiger partial charge in [-0.25, -0.2) is 9.37 Å². The lowest BCUT2D eigenvalue weighted by molar-refractivity contribution is -0.137. The lowest BCUT2D eigenvalue weighted by Gasteiger charge is -2.36. The van der Waals surface area contributed by atoms with Crippen molar-refractivity contribution in [1.82, 2.24) is 10.3 Å². The third-order valence-corrected chi connectivity index (χ3v) is 6.84. The van der Waals surface area contributed by atoms with Crippen LogP contribution in [0.5, 0.6) is 0 Å². The number of rotatable bonds is 4. The average Bonchev–Trinajstić information content (AvgIpc) is 3.19. The van der Waals surface area contributed by atoms with Gasteiger partial charge < -0.3 is 10.2 Å². The molecular formula is C22H21F4N3OS. The second-order valence-electron chi connectivity index (χ2n) is 7.74. The van der Waals surface area contributed by atoms with Crippen molar-refractivity contribution >= 4 is 33.1 Å². The van der Waals surface area contributed by atoms with Crippen molar-refractivity contribution in [2.75, 3.05) is 11.9 Å². The largest absolute Gasteiger partial charge is 0.443 e. The molecule has 1 heterocycles. The number of benzene rings is 2. The van der Waals surface area contributed by atoms with Crippen LogP contribution in [0.2, 0.25) is 0 Å². The summed E-state index contributed by atoms with van der Waals surface area (Å²) in [6.45, 7) is 0. The van der Waals surface area contributed by atoms with Crippen molar-refractivity contribution in [3.63, 3.8) is 0 Å². The molecule has 4 rings (SSSR count). The Morgan fingerprint density at radius 2 is 1.77 bits per heavy atom. The van der Waals surface area contributed by atoms with Gasteiger partial charge in [-0.15, -0.1) is 11.3 Å². The van der Waals surface area contributed by atoms with Crippen molar-refractivity contribution in [3.8, 4) is 0 Å².